The van der Waals surface area contributed by atoms with Crippen LogP contribution in [0.5, 0.6) is 11.5 Å². The van der Waals surface area contributed by atoms with E-state index in [0.717, 1.165) is 61.2 Å². The van der Waals surface area contributed by atoms with E-state index in [0.29, 0.717) is 5.92 Å². The number of hydrogen-bond acceptors (Lipinski definition) is 6. The van der Waals surface area contributed by atoms with Crippen LogP contribution >= 0.6 is 0 Å². The predicted molar refractivity (Wildman–Crippen MR) is 106 cm³/mol. The highest BCUT2D eigenvalue weighted by atomic mass is 16.3. The van der Waals surface area contributed by atoms with Gasteiger partial charge in [-0.2, -0.15) is 0 Å². The molecule has 0 amide bonds. The predicted octanol–water partition coefficient (Wildman–Crippen LogP) is 3.08. The van der Waals surface area contributed by atoms with Crippen LogP contribution in [0, 0.1) is 5.92 Å². The van der Waals surface area contributed by atoms with E-state index in [1.807, 2.05) is 12.3 Å². The number of rotatable bonds is 4. The number of fused-ring (bicyclic) bond motifs is 2. The Morgan fingerprint density at radius 1 is 1.15 bits per heavy atom. The van der Waals surface area contributed by atoms with Crippen LogP contribution in [-0.4, -0.2) is 39.8 Å². The van der Waals surface area contributed by atoms with Crippen molar-refractivity contribution in [3.63, 3.8) is 0 Å². The number of phenols is 2. The van der Waals surface area contributed by atoms with Crippen LogP contribution < -0.4 is 10.2 Å². The van der Waals surface area contributed by atoms with Gasteiger partial charge < -0.3 is 20.4 Å². The molecule has 1 aromatic carbocycles. The van der Waals surface area contributed by atoms with Crippen LogP contribution in [0.2, 0.25) is 0 Å². The number of phenolic OH excluding ortho intramolecular Hbond substituents is 2. The van der Waals surface area contributed by atoms with Crippen LogP contribution in [0.15, 0.2) is 36.7 Å². The smallest absolute Gasteiger partial charge is 0.159 e. The van der Waals surface area contributed by atoms with Crippen molar-refractivity contribution in [2.45, 2.75) is 19.3 Å². The molecule has 1 aliphatic carbocycles. The van der Waals surface area contributed by atoms with E-state index in [4.69, 9.17) is 4.98 Å². The summed E-state index contributed by atoms with van der Waals surface area (Å²) in [5, 5.41) is 24.3. The van der Waals surface area contributed by atoms with E-state index in [9.17, 15) is 10.2 Å². The molecule has 0 radical (unpaired) electrons. The number of anilines is 2. The Labute approximate surface area is 157 Å². The lowest BCUT2D eigenvalue weighted by Gasteiger charge is -2.41. The van der Waals surface area contributed by atoms with Crippen molar-refractivity contribution in [3.8, 4) is 11.5 Å². The molecule has 0 saturated carbocycles. The fourth-order valence-corrected chi connectivity index (χ4v) is 4.19. The van der Waals surface area contributed by atoms with Crippen LogP contribution in [-0.2, 0) is 12.8 Å². The lowest BCUT2D eigenvalue weighted by Crippen LogP contribution is -2.49. The minimum atomic E-state index is -0.120. The molecule has 1 aliphatic heterocycles. The maximum absolute atomic E-state index is 9.97. The largest absolute Gasteiger partial charge is 0.504 e. The molecule has 0 spiro atoms. The van der Waals surface area contributed by atoms with Gasteiger partial charge in [-0.3, -0.25) is 9.97 Å². The van der Waals surface area contributed by atoms with Gasteiger partial charge in [-0.1, -0.05) is 0 Å². The highest BCUT2D eigenvalue weighted by molar-refractivity contribution is 5.95. The Morgan fingerprint density at radius 3 is 2.81 bits per heavy atom. The molecular formula is C21H22N4O2. The van der Waals surface area contributed by atoms with E-state index in [-0.39, 0.29) is 11.5 Å². The molecule has 6 nitrogen and oxygen atoms in total. The van der Waals surface area contributed by atoms with Gasteiger partial charge in [0.25, 0.3) is 0 Å². The molecule has 0 bridgehead atoms. The molecule has 2 aliphatic rings. The lowest BCUT2D eigenvalue weighted by molar-refractivity contribution is 0.405. The molecular weight excluding hydrogens is 340 g/mol. The van der Waals surface area contributed by atoms with Crippen LogP contribution in [0.1, 0.15) is 17.7 Å². The first-order chi connectivity index (χ1) is 13.2. The maximum Gasteiger partial charge on any atom is 0.159 e. The Kier molecular flexibility index (Phi) is 3.77. The summed E-state index contributed by atoms with van der Waals surface area (Å²) in [5.41, 5.74) is 5.35. The van der Waals surface area contributed by atoms with Gasteiger partial charge in [0.1, 0.15) is 0 Å². The monoisotopic (exact) mass is 362 g/mol. The number of nitrogens with zero attached hydrogens (tertiary/aromatic N) is 3. The molecule has 0 unspecified atom stereocenters. The van der Waals surface area contributed by atoms with E-state index in [1.165, 1.54) is 11.3 Å². The van der Waals surface area contributed by atoms with Gasteiger partial charge >= 0.3 is 0 Å². The number of benzene rings is 1. The second kappa shape index (κ2) is 6.30. The molecule has 6 heteroatoms. The first-order valence-corrected chi connectivity index (χ1v) is 9.45. The molecule has 138 valence electrons. The third kappa shape index (κ3) is 2.81. The second-order valence-corrected chi connectivity index (χ2v) is 7.49. The van der Waals surface area contributed by atoms with Gasteiger partial charge in [-0.05, 0) is 43.0 Å². The van der Waals surface area contributed by atoms with Crippen molar-refractivity contribution >= 4 is 22.3 Å². The van der Waals surface area contributed by atoms with Crippen LogP contribution in [0.4, 0.5) is 11.4 Å². The zero-order chi connectivity index (χ0) is 18.4. The van der Waals surface area contributed by atoms with Gasteiger partial charge in [0.05, 0.1) is 17.4 Å². The fourth-order valence-electron chi connectivity index (χ4n) is 4.19. The standard InChI is InChI=1S/C21H22N4O2/c26-19-7-16-18(8-20(19)27)24-17-5-1-4-15(17)21(16)23-9-13-11-25(12-13)14-3-2-6-22-10-14/h2-3,6-8,10,13,26-27H,1,4-5,9,11-12H2,(H,23,24). The highest BCUT2D eigenvalue weighted by Crippen LogP contribution is 2.39. The van der Waals surface area contributed by atoms with Crippen LogP contribution in [0.3, 0.4) is 0 Å². The van der Waals surface area contributed by atoms with E-state index >= 15 is 0 Å². The normalized spacial score (nSPS) is 16.4. The molecule has 5 rings (SSSR count). The van der Waals surface area contributed by atoms with E-state index in [2.05, 4.69) is 21.3 Å². The highest BCUT2D eigenvalue weighted by Gasteiger charge is 2.28. The number of aromatic nitrogens is 2. The number of nitrogens with one attached hydrogen (secondary N) is 1. The Morgan fingerprint density at radius 2 is 2.00 bits per heavy atom. The lowest BCUT2D eigenvalue weighted by atomic mass is 9.98. The third-order valence-corrected chi connectivity index (χ3v) is 5.64. The minimum absolute atomic E-state index is 0.100. The SMILES string of the molecule is Oc1cc2nc3c(c(NCC4CN(c5cccnc5)C4)c2cc1O)CCC3. The summed E-state index contributed by atoms with van der Waals surface area (Å²) in [4.78, 5) is 11.2. The molecule has 3 aromatic rings. The summed E-state index contributed by atoms with van der Waals surface area (Å²) in [5.74, 6) is 0.345. The number of pyridine rings is 2. The number of hydrogen-bond donors (Lipinski definition) is 3. The molecule has 0 atom stereocenters. The van der Waals surface area contributed by atoms with Gasteiger partial charge in [-0.15, -0.1) is 0 Å². The van der Waals surface area contributed by atoms with Gasteiger partial charge in [0.2, 0.25) is 0 Å². The Balaban J connectivity index is 1.37. The van der Waals surface area contributed by atoms with Crippen molar-refractivity contribution in [2.24, 2.45) is 5.92 Å². The van der Waals surface area contributed by atoms with E-state index in [1.54, 1.807) is 18.3 Å². The molecule has 2 aromatic heterocycles. The summed E-state index contributed by atoms with van der Waals surface area (Å²) in [6.07, 6.45) is 6.78. The zero-order valence-corrected chi connectivity index (χ0v) is 15.0. The first kappa shape index (κ1) is 16.2. The van der Waals surface area contributed by atoms with Gasteiger partial charge in [-0.25, -0.2) is 0 Å². The summed E-state index contributed by atoms with van der Waals surface area (Å²) < 4.78 is 0. The summed E-state index contributed by atoms with van der Waals surface area (Å²) in [6, 6.07) is 7.24. The molecule has 1 fully saturated rings. The molecule has 27 heavy (non-hydrogen) atoms. The molecule has 3 N–H and O–H groups in total. The second-order valence-electron chi connectivity index (χ2n) is 7.49. The first-order valence-electron chi connectivity index (χ1n) is 9.45. The minimum Gasteiger partial charge on any atom is -0.504 e. The van der Waals surface area contributed by atoms with E-state index < -0.39 is 0 Å². The van der Waals surface area contributed by atoms with Crippen LogP contribution in [0.25, 0.3) is 10.9 Å². The molecule has 1 saturated heterocycles. The topological polar surface area (TPSA) is 81.5 Å². The fraction of sp³-hybridized carbons (Fsp3) is 0.333. The quantitative estimate of drug-likeness (QED) is 0.619. The summed E-state index contributed by atoms with van der Waals surface area (Å²) in [6.45, 7) is 2.90. The molecule has 3 heterocycles. The Bertz CT molecular complexity index is 1000. The summed E-state index contributed by atoms with van der Waals surface area (Å²) in [7, 11) is 0. The Hall–Kier alpha value is -3.02. The van der Waals surface area contributed by atoms with Gasteiger partial charge in [0.15, 0.2) is 11.5 Å². The zero-order valence-electron chi connectivity index (χ0n) is 15.0. The number of aryl methyl sites for hydroxylation is 1. The summed E-state index contributed by atoms with van der Waals surface area (Å²) >= 11 is 0. The van der Waals surface area contributed by atoms with Crippen molar-refractivity contribution in [3.05, 3.63) is 47.9 Å². The maximum atomic E-state index is 9.97. The number of aromatic hydroxyl groups is 2. The van der Waals surface area contributed by atoms with Crippen molar-refractivity contribution < 1.29 is 10.2 Å². The van der Waals surface area contributed by atoms with Gasteiger partial charge in [0, 0.05) is 54.6 Å². The average Bonchev–Trinajstić information content (AvgIpc) is 3.10. The van der Waals surface area contributed by atoms with Crippen molar-refractivity contribution in [1.29, 1.82) is 0 Å². The average molecular weight is 362 g/mol. The van der Waals surface area contributed by atoms with Crippen molar-refractivity contribution in [1.82, 2.24) is 9.97 Å². The third-order valence-electron chi connectivity index (χ3n) is 5.64. The van der Waals surface area contributed by atoms with Crippen molar-refractivity contribution in [2.75, 3.05) is 29.9 Å².